The maximum Gasteiger partial charge on any atom is 0.189 e. The third kappa shape index (κ3) is 6.08. The Morgan fingerprint density at radius 3 is 1.96 bits per heavy atom. The van der Waals surface area contributed by atoms with Crippen molar-refractivity contribution in [2.24, 2.45) is 0 Å². The van der Waals surface area contributed by atoms with Crippen LogP contribution in [-0.2, 0) is 0 Å². The second kappa shape index (κ2) is 8.90. The number of nitrogens with one attached hydrogen (secondary N) is 1. The van der Waals surface area contributed by atoms with Gasteiger partial charge in [0.2, 0.25) is 0 Å². The fourth-order valence-corrected chi connectivity index (χ4v) is 1.89. The Bertz CT molecular complexity index is 758. The van der Waals surface area contributed by atoms with E-state index in [1.807, 2.05) is 13.8 Å². The van der Waals surface area contributed by atoms with Crippen LogP contribution < -0.4 is 11.1 Å². The molecule has 0 bridgehead atoms. The quantitative estimate of drug-likeness (QED) is 0.503. The summed E-state index contributed by atoms with van der Waals surface area (Å²) in [6.07, 6.45) is 0. The molecule has 23 heavy (non-hydrogen) atoms. The molecule has 0 aromatic heterocycles. The zero-order valence-corrected chi connectivity index (χ0v) is 14.3. The van der Waals surface area contributed by atoms with Crippen LogP contribution in [0.5, 0.6) is 0 Å². The lowest BCUT2D eigenvalue weighted by molar-refractivity contribution is 0.900. The van der Waals surface area contributed by atoms with Crippen molar-refractivity contribution in [1.82, 2.24) is 0 Å². The van der Waals surface area contributed by atoms with Crippen molar-refractivity contribution in [3.63, 3.8) is 0 Å². The summed E-state index contributed by atoms with van der Waals surface area (Å²) in [5.74, 6) is 0. The Morgan fingerprint density at radius 2 is 1.48 bits per heavy atom. The fraction of sp³-hybridized carbons (Fsp3) is 0.176. The molecule has 0 unspecified atom stereocenters. The maximum atomic E-state index is 6.85. The van der Waals surface area contributed by atoms with Crippen LogP contribution in [0.25, 0.3) is 9.69 Å². The Morgan fingerprint density at radius 1 is 0.957 bits per heavy atom. The van der Waals surface area contributed by atoms with Crippen LogP contribution in [0.1, 0.15) is 13.8 Å². The van der Waals surface area contributed by atoms with E-state index in [-0.39, 0.29) is 0 Å². The molecule has 0 aliphatic heterocycles. The molecule has 2 rings (SSSR count). The first-order chi connectivity index (χ1) is 10.9. The van der Waals surface area contributed by atoms with Crippen molar-refractivity contribution in [2.75, 3.05) is 11.1 Å². The third-order valence-corrected chi connectivity index (χ3v) is 3.31. The average Bonchev–Trinajstić information content (AvgIpc) is 2.52. The van der Waals surface area contributed by atoms with Gasteiger partial charge in [0.05, 0.1) is 23.2 Å². The first kappa shape index (κ1) is 18.6. The van der Waals surface area contributed by atoms with E-state index in [1.54, 1.807) is 36.4 Å². The predicted octanol–water partition coefficient (Wildman–Crippen LogP) is 6.18. The molecular weight excluding hydrogens is 331 g/mol. The molecule has 2 aromatic rings. The molecule has 0 atom stereocenters. The molecule has 0 aliphatic carbocycles. The summed E-state index contributed by atoms with van der Waals surface area (Å²) in [5, 5.41) is 4.32. The Hall–Kier alpha value is -2.40. The summed E-state index contributed by atoms with van der Waals surface area (Å²) >= 11 is 11.5. The fourth-order valence-electron chi connectivity index (χ4n) is 1.61. The standard InChI is InChI=1S/C10H11ClN2.C7H5ClN2/c1-7(2)13-10-6-8(12-3)4-5-9(10)11;1-10-5-2-3-6(8)7(9)4-5/h4-7,13H,1-2H3;2-4H,9H2. The van der Waals surface area contributed by atoms with Gasteiger partial charge in [0.1, 0.15) is 0 Å². The second-order valence-corrected chi connectivity index (χ2v) is 5.71. The summed E-state index contributed by atoms with van der Waals surface area (Å²) in [6, 6.07) is 10.3. The van der Waals surface area contributed by atoms with Gasteiger partial charge in [-0.25, -0.2) is 9.69 Å². The van der Waals surface area contributed by atoms with Crippen LogP contribution >= 0.6 is 23.2 Å². The van der Waals surface area contributed by atoms with Crippen LogP contribution in [0.2, 0.25) is 10.0 Å². The van der Waals surface area contributed by atoms with Crippen molar-refractivity contribution >= 4 is 46.0 Å². The van der Waals surface area contributed by atoms with Gasteiger partial charge in [-0.2, -0.15) is 0 Å². The smallest absolute Gasteiger partial charge is 0.189 e. The molecule has 2 aromatic carbocycles. The highest BCUT2D eigenvalue weighted by Gasteiger charge is 2.02. The van der Waals surface area contributed by atoms with E-state index in [4.69, 9.17) is 42.1 Å². The zero-order valence-electron chi connectivity index (χ0n) is 12.8. The van der Waals surface area contributed by atoms with E-state index in [0.717, 1.165) is 5.69 Å². The molecule has 4 nitrogen and oxygen atoms in total. The number of anilines is 2. The number of nitrogens with two attached hydrogens (primary N) is 1. The van der Waals surface area contributed by atoms with Gasteiger partial charge in [0.15, 0.2) is 11.4 Å². The van der Waals surface area contributed by atoms with E-state index in [1.165, 1.54) is 0 Å². The van der Waals surface area contributed by atoms with E-state index in [0.29, 0.717) is 33.1 Å². The Balaban J connectivity index is 0.000000238. The van der Waals surface area contributed by atoms with Gasteiger partial charge in [-0.1, -0.05) is 47.5 Å². The number of benzene rings is 2. The molecule has 0 radical (unpaired) electrons. The van der Waals surface area contributed by atoms with Gasteiger partial charge < -0.3 is 11.1 Å². The molecule has 0 saturated heterocycles. The molecule has 118 valence electrons. The molecule has 0 amide bonds. The van der Waals surface area contributed by atoms with Gasteiger partial charge in [0, 0.05) is 17.4 Å². The van der Waals surface area contributed by atoms with Crippen molar-refractivity contribution < 1.29 is 0 Å². The minimum absolute atomic E-state index is 0.318. The highest BCUT2D eigenvalue weighted by Crippen LogP contribution is 2.27. The molecule has 0 saturated carbocycles. The van der Waals surface area contributed by atoms with Gasteiger partial charge >= 0.3 is 0 Å². The third-order valence-electron chi connectivity index (χ3n) is 2.63. The highest BCUT2D eigenvalue weighted by atomic mass is 35.5. The Labute approximate surface area is 146 Å². The minimum Gasteiger partial charge on any atom is -0.399 e. The lowest BCUT2D eigenvalue weighted by Gasteiger charge is -2.11. The molecule has 0 heterocycles. The summed E-state index contributed by atoms with van der Waals surface area (Å²) < 4.78 is 0. The van der Waals surface area contributed by atoms with E-state index in [2.05, 4.69) is 15.0 Å². The SMILES string of the molecule is [C-]#[N+]c1ccc(Cl)c(N)c1.[C-]#[N+]c1ccc(Cl)c(NC(C)C)c1. The van der Waals surface area contributed by atoms with Crippen molar-refractivity contribution in [3.8, 4) is 0 Å². The van der Waals surface area contributed by atoms with Crippen LogP contribution in [0, 0.1) is 13.1 Å². The molecule has 3 N–H and O–H groups in total. The van der Waals surface area contributed by atoms with Gasteiger partial charge in [0.25, 0.3) is 0 Å². The first-order valence-corrected chi connectivity index (χ1v) is 7.49. The average molecular weight is 347 g/mol. The van der Waals surface area contributed by atoms with Gasteiger partial charge in [-0.15, -0.1) is 0 Å². The van der Waals surface area contributed by atoms with Crippen LogP contribution in [0.3, 0.4) is 0 Å². The first-order valence-electron chi connectivity index (χ1n) is 6.73. The van der Waals surface area contributed by atoms with E-state index in [9.17, 15) is 0 Å². The number of rotatable bonds is 2. The second-order valence-electron chi connectivity index (χ2n) is 4.89. The zero-order chi connectivity index (χ0) is 17.4. The number of halogens is 2. The van der Waals surface area contributed by atoms with Gasteiger partial charge in [-0.05, 0) is 26.0 Å². The summed E-state index contributed by atoms with van der Waals surface area (Å²) in [7, 11) is 0. The van der Waals surface area contributed by atoms with Crippen LogP contribution in [0.15, 0.2) is 36.4 Å². The van der Waals surface area contributed by atoms with Crippen molar-refractivity contribution in [3.05, 3.63) is 69.3 Å². The summed E-state index contributed by atoms with van der Waals surface area (Å²) in [4.78, 5) is 6.51. The molecular formula is C17H16Cl2N4. The molecule has 0 fully saturated rings. The molecule has 0 spiro atoms. The van der Waals surface area contributed by atoms with E-state index >= 15 is 0 Å². The van der Waals surface area contributed by atoms with Gasteiger partial charge in [-0.3, -0.25) is 0 Å². The number of nitrogens with zero attached hydrogens (tertiary/aromatic N) is 2. The monoisotopic (exact) mass is 346 g/mol. The molecule has 0 aliphatic rings. The lowest BCUT2D eigenvalue weighted by atomic mass is 10.2. The summed E-state index contributed by atoms with van der Waals surface area (Å²) in [6.45, 7) is 17.5. The van der Waals surface area contributed by atoms with Crippen LogP contribution in [0.4, 0.5) is 22.7 Å². The number of hydrogen-bond acceptors (Lipinski definition) is 2. The number of hydrogen-bond donors (Lipinski definition) is 2. The van der Waals surface area contributed by atoms with E-state index < -0.39 is 0 Å². The maximum absolute atomic E-state index is 6.85. The predicted molar refractivity (Wildman–Crippen MR) is 98.6 cm³/mol. The lowest BCUT2D eigenvalue weighted by Crippen LogP contribution is -2.09. The minimum atomic E-state index is 0.318. The normalized spacial score (nSPS) is 9.35. The van der Waals surface area contributed by atoms with Crippen molar-refractivity contribution in [1.29, 1.82) is 0 Å². The molecule has 6 heteroatoms. The summed E-state index contributed by atoms with van der Waals surface area (Å²) in [5.41, 5.74) is 7.82. The number of nitrogen functional groups attached to an aromatic ring is 1. The largest absolute Gasteiger partial charge is 0.399 e. The highest BCUT2D eigenvalue weighted by molar-refractivity contribution is 6.33. The topological polar surface area (TPSA) is 46.8 Å². The van der Waals surface area contributed by atoms with Crippen LogP contribution in [-0.4, -0.2) is 6.04 Å². The van der Waals surface area contributed by atoms with Crippen molar-refractivity contribution in [2.45, 2.75) is 19.9 Å². The Kier molecular flexibility index (Phi) is 7.22.